The van der Waals surface area contributed by atoms with E-state index in [1.165, 1.54) is 43.3 Å². The summed E-state index contributed by atoms with van der Waals surface area (Å²) in [5.41, 5.74) is -1.02. The smallest absolute Gasteiger partial charge is 0.418 e. The molecule has 0 aromatic heterocycles. The normalized spacial score (nSPS) is 11.8. The number of carbonyl (C=O) groups is 2. The Bertz CT molecular complexity index is 889. The lowest BCUT2D eigenvalue weighted by Gasteiger charge is -2.15. The fourth-order valence-corrected chi connectivity index (χ4v) is 2.14. The van der Waals surface area contributed by atoms with Gasteiger partial charge in [0.05, 0.1) is 22.9 Å². The van der Waals surface area contributed by atoms with Gasteiger partial charge in [-0.05, 0) is 43.3 Å². The number of benzene rings is 2. The summed E-state index contributed by atoms with van der Waals surface area (Å²) in [6.45, 7) is 0.615. The molecule has 0 saturated carbocycles. The van der Waals surface area contributed by atoms with Crippen LogP contribution in [0.25, 0.3) is 0 Å². The molecule has 6 nitrogen and oxygen atoms in total. The zero-order valence-electron chi connectivity index (χ0n) is 14.6. The van der Waals surface area contributed by atoms with Crippen LogP contribution < -0.4 is 10.1 Å². The molecule has 0 unspecified atom stereocenters. The molecule has 0 fully saturated rings. The third kappa shape index (κ3) is 5.74. The van der Waals surface area contributed by atoms with Crippen molar-refractivity contribution in [3.8, 4) is 11.8 Å². The lowest BCUT2D eigenvalue weighted by molar-refractivity contribution is -0.153. The van der Waals surface area contributed by atoms with Crippen molar-refractivity contribution < 1.29 is 32.2 Å². The average molecular weight is 392 g/mol. The summed E-state index contributed by atoms with van der Waals surface area (Å²) >= 11 is 0. The van der Waals surface area contributed by atoms with Crippen molar-refractivity contribution in [1.29, 1.82) is 5.26 Å². The number of para-hydroxylation sites is 1. The van der Waals surface area contributed by atoms with Crippen molar-refractivity contribution in [2.24, 2.45) is 0 Å². The average Bonchev–Trinajstić information content (AvgIpc) is 2.66. The van der Waals surface area contributed by atoms with Gasteiger partial charge in [-0.1, -0.05) is 12.1 Å². The second kappa shape index (κ2) is 8.90. The predicted molar refractivity (Wildman–Crippen MR) is 92.3 cm³/mol. The van der Waals surface area contributed by atoms with Gasteiger partial charge >= 0.3 is 12.1 Å². The van der Waals surface area contributed by atoms with Gasteiger partial charge in [0.25, 0.3) is 5.91 Å². The maximum atomic E-state index is 12.9. The first-order valence-electron chi connectivity index (χ1n) is 8.00. The largest absolute Gasteiger partial charge is 0.479 e. The van der Waals surface area contributed by atoms with Crippen LogP contribution in [0.5, 0.6) is 5.75 Å². The van der Waals surface area contributed by atoms with Gasteiger partial charge in [-0.3, -0.25) is 4.79 Å². The number of alkyl halides is 3. The standard InChI is InChI=1S/C19H15F3N2O4/c1-12(28-14-8-6-13(10-23)7-9-14)18(26)27-11-17(25)24-16-5-3-2-4-15(16)19(20,21)22/h2-9,12H,11H2,1H3,(H,24,25)/t12-/m1/s1. The number of nitrogens with one attached hydrogen (secondary N) is 1. The number of rotatable bonds is 6. The highest BCUT2D eigenvalue weighted by molar-refractivity contribution is 5.93. The van der Waals surface area contributed by atoms with E-state index in [-0.39, 0.29) is 0 Å². The lowest BCUT2D eigenvalue weighted by atomic mass is 10.1. The Morgan fingerprint density at radius 3 is 2.39 bits per heavy atom. The van der Waals surface area contributed by atoms with Crippen LogP contribution in [0, 0.1) is 11.3 Å². The summed E-state index contributed by atoms with van der Waals surface area (Å²) in [4.78, 5) is 23.7. The first-order chi connectivity index (χ1) is 13.2. The van der Waals surface area contributed by atoms with Crippen LogP contribution in [-0.2, 0) is 20.5 Å². The topological polar surface area (TPSA) is 88.4 Å². The van der Waals surface area contributed by atoms with E-state index in [4.69, 9.17) is 14.7 Å². The number of esters is 1. The Hall–Kier alpha value is -3.54. The number of halogens is 3. The fraction of sp³-hybridized carbons (Fsp3) is 0.211. The zero-order valence-corrected chi connectivity index (χ0v) is 14.6. The molecule has 9 heteroatoms. The third-order valence-corrected chi connectivity index (χ3v) is 3.48. The Morgan fingerprint density at radius 1 is 1.14 bits per heavy atom. The van der Waals surface area contributed by atoms with E-state index >= 15 is 0 Å². The molecule has 1 atom stereocenters. The molecule has 0 radical (unpaired) electrons. The van der Waals surface area contributed by atoms with Crippen LogP contribution in [0.2, 0.25) is 0 Å². The number of hydrogen-bond donors (Lipinski definition) is 1. The van der Waals surface area contributed by atoms with Crippen LogP contribution in [-0.4, -0.2) is 24.6 Å². The molecule has 1 N–H and O–H groups in total. The van der Waals surface area contributed by atoms with Crippen molar-refractivity contribution in [3.05, 3.63) is 59.7 Å². The highest BCUT2D eigenvalue weighted by atomic mass is 19.4. The van der Waals surface area contributed by atoms with Crippen LogP contribution in [0.4, 0.5) is 18.9 Å². The Labute approximate surface area is 158 Å². The molecule has 0 saturated heterocycles. The minimum atomic E-state index is -4.63. The van der Waals surface area contributed by atoms with Crippen molar-refractivity contribution in [3.63, 3.8) is 0 Å². The first-order valence-corrected chi connectivity index (χ1v) is 8.00. The summed E-state index contributed by atoms with van der Waals surface area (Å²) in [5.74, 6) is -1.48. The van der Waals surface area contributed by atoms with E-state index in [0.717, 1.165) is 12.1 Å². The molecule has 0 heterocycles. The van der Waals surface area contributed by atoms with Crippen LogP contribution in [0.1, 0.15) is 18.1 Å². The summed E-state index contributed by atoms with van der Waals surface area (Å²) in [7, 11) is 0. The Kier molecular flexibility index (Phi) is 6.60. The number of anilines is 1. The number of ether oxygens (including phenoxy) is 2. The number of nitriles is 1. The third-order valence-electron chi connectivity index (χ3n) is 3.48. The van der Waals surface area contributed by atoms with E-state index in [2.05, 4.69) is 5.32 Å². The highest BCUT2D eigenvalue weighted by Crippen LogP contribution is 2.34. The van der Waals surface area contributed by atoms with Gasteiger partial charge in [-0.2, -0.15) is 18.4 Å². The molecule has 0 spiro atoms. The van der Waals surface area contributed by atoms with Crippen LogP contribution in [0.3, 0.4) is 0 Å². The molecule has 146 valence electrons. The molecule has 0 aliphatic rings. The number of nitrogens with zero attached hydrogens (tertiary/aromatic N) is 1. The van der Waals surface area contributed by atoms with Crippen molar-refractivity contribution in [1.82, 2.24) is 0 Å². The van der Waals surface area contributed by atoms with Gasteiger partial charge in [-0.15, -0.1) is 0 Å². The van der Waals surface area contributed by atoms with Gasteiger partial charge in [0.2, 0.25) is 0 Å². The Balaban J connectivity index is 1.88. The summed E-state index contributed by atoms with van der Waals surface area (Å²) in [5, 5.41) is 10.8. The maximum Gasteiger partial charge on any atom is 0.418 e. The molecule has 2 aromatic rings. The number of carbonyl (C=O) groups excluding carboxylic acids is 2. The van der Waals surface area contributed by atoms with E-state index in [1.807, 2.05) is 6.07 Å². The molecular formula is C19H15F3N2O4. The monoisotopic (exact) mass is 392 g/mol. The second-order valence-corrected chi connectivity index (χ2v) is 5.60. The van der Waals surface area contributed by atoms with Crippen LogP contribution >= 0.6 is 0 Å². The molecular weight excluding hydrogens is 377 g/mol. The lowest BCUT2D eigenvalue weighted by Crippen LogP contribution is -2.30. The second-order valence-electron chi connectivity index (χ2n) is 5.60. The van der Waals surface area contributed by atoms with Gasteiger partial charge in [-0.25, -0.2) is 4.79 Å². The molecule has 0 aliphatic heterocycles. The minimum Gasteiger partial charge on any atom is -0.479 e. The Morgan fingerprint density at radius 2 is 1.79 bits per heavy atom. The predicted octanol–water partition coefficient (Wildman–Crippen LogP) is 3.53. The number of hydrogen-bond acceptors (Lipinski definition) is 5. The van der Waals surface area contributed by atoms with Gasteiger partial charge in [0.15, 0.2) is 12.7 Å². The van der Waals surface area contributed by atoms with Crippen molar-refractivity contribution in [2.75, 3.05) is 11.9 Å². The zero-order chi connectivity index (χ0) is 20.7. The highest BCUT2D eigenvalue weighted by Gasteiger charge is 2.33. The summed E-state index contributed by atoms with van der Waals surface area (Å²) in [6.07, 6.45) is -5.70. The summed E-state index contributed by atoms with van der Waals surface area (Å²) < 4.78 is 48.8. The van der Waals surface area contributed by atoms with E-state index in [0.29, 0.717) is 11.3 Å². The summed E-state index contributed by atoms with van der Waals surface area (Å²) in [6, 6.07) is 12.4. The molecule has 2 aromatic carbocycles. The van der Waals surface area contributed by atoms with Crippen LogP contribution in [0.15, 0.2) is 48.5 Å². The van der Waals surface area contributed by atoms with Gasteiger partial charge in [0, 0.05) is 0 Å². The molecule has 28 heavy (non-hydrogen) atoms. The fourth-order valence-electron chi connectivity index (χ4n) is 2.14. The minimum absolute atomic E-state index is 0.312. The van der Waals surface area contributed by atoms with E-state index in [1.54, 1.807) is 0 Å². The van der Waals surface area contributed by atoms with Gasteiger partial charge in [0.1, 0.15) is 5.75 Å². The molecule has 0 bridgehead atoms. The quantitative estimate of drug-likeness (QED) is 0.760. The molecule has 1 amide bonds. The molecule has 2 rings (SSSR count). The number of amides is 1. The van der Waals surface area contributed by atoms with E-state index in [9.17, 15) is 22.8 Å². The molecule has 0 aliphatic carbocycles. The van der Waals surface area contributed by atoms with E-state index < -0.39 is 42.0 Å². The SMILES string of the molecule is C[C@@H](Oc1ccc(C#N)cc1)C(=O)OCC(=O)Nc1ccccc1C(F)(F)F. The first kappa shape index (κ1) is 20.8. The van der Waals surface area contributed by atoms with Crippen molar-refractivity contribution in [2.45, 2.75) is 19.2 Å². The van der Waals surface area contributed by atoms with Crippen molar-refractivity contribution >= 4 is 17.6 Å². The van der Waals surface area contributed by atoms with Gasteiger partial charge < -0.3 is 14.8 Å². The maximum absolute atomic E-state index is 12.9.